The second-order valence-electron chi connectivity index (χ2n) is 5.81. The van der Waals surface area contributed by atoms with Gasteiger partial charge in [0.2, 0.25) is 0 Å². The Morgan fingerprint density at radius 3 is 2.31 bits per heavy atom. The maximum Gasteiger partial charge on any atom is 0.127 e. The van der Waals surface area contributed by atoms with Gasteiger partial charge in [-0.1, -0.05) is 77.9 Å². The number of azide groups is 1. The number of ether oxygens (including phenoxy) is 1. The number of nitrogens with zero attached hydrogens (tertiary/aromatic N) is 3. The van der Waals surface area contributed by atoms with Crippen molar-refractivity contribution in [1.29, 1.82) is 0 Å². The van der Waals surface area contributed by atoms with Crippen molar-refractivity contribution in [3.05, 3.63) is 113 Å². The molecular weight excluding hydrogens is 322 g/mol. The van der Waals surface area contributed by atoms with Crippen LogP contribution in [0.25, 0.3) is 16.5 Å². The van der Waals surface area contributed by atoms with Gasteiger partial charge in [-0.25, -0.2) is 0 Å². The van der Waals surface area contributed by atoms with E-state index >= 15 is 0 Å². The summed E-state index contributed by atoms with van der Waals surface area (Å²) >= 11 is 0. The fourth-order valence-electron chi connectivity index (χ4n) is 2.60. The van der Waals surface area contributed by atoms with Crippen LogP contribution in [0.5, 0.6) is 11.5 Å². The highest BCUT2D eigenvalue weighted by molar-refractivity contribution is 5.49. The number of rotatable bonds is 7. The second-order valence-corrected chi connectivity index (χ2v) is 5.81. The summed E-state index contributed by atoms with van der Waals surface area (Å²) in [4.78, 5) is 2.98. The molecule has 0 heterocycles. The molecular formula is C22H19N3O. The van der Waals surface area contributed by atoms with Gasteiger partial charge in [0.15, 0.2) is 0 Å². The minimum Gasteiger partial charge on any atom is -0.457 e. The van der Waals surface area contributed by atoms with Crippen molar-refractivity contribution >= 4 is 6.08 Å². The van der Waals surface area contributed by atoms with E-state index in [0.717, 1.165) is 22.6 Å². The summed E-state index contributed by atoms with van der Waals surface area (Å²) in [6.07, 6.45) is 4.52. The predicted molar refractivity (Wildman–Crippen MR) is 105 cm³/mol. The second kappa shape index (κ2) is 9.11. The summed E-state index contributed by atoms with van der Waals surface area (Å²) in [6, 6.07) is 27.2. The van der Waals surface area contributed by atoms with Crippen LogP contribution in [0.2, 0.25) is 0 Å². The Bertz CT molecular complexity index is 901. The molecule has 0 saturated carbocycles. The summed E-state index contributed by atoms with van der Waals surface area (Å²) in [6.45, 7) is 0. The van der Waals surface area contributed by atoms with E-state index in [0.29, 0.717) is 6.42 Å². The van der Waals surface area contributed by atoms with Gasteiger partial charge in [-0.05, 0) is 47.3 Å². The van der Waals surface area contributed by atoms with Crippen LogP contribution >= 0.6 is 0 Å². The van der Waals surface area contributed by atoms with Crippen molar-refractivity contribution in [3.63, 3.8) is 0 Å². The van der Waals surface area contributed by atoms with Crippen LogP contribution in [-0.4, -0.2) is 6.04 Å². The largest absolute Gasteiger partial charge is 0.457 e. The third-order valence-electron chi connectivity index (χ3n) is 3.83. The lowest BCUT2D eigenvalue weighted by atomic mass is 10.0. The molecule has 0 saturated heterocycles. The molecule has 128 valence electrons. The minimum absolute atomic E-state index is 0.257. The van der Waals surface area contributed by atoms with E-state index in [-0.39, 0.29) is 6.04 Å². The molecule has 0 spiro atoms. The molecule has 0 fully saturated rings. The van der Waals surface area contributed by atoms with E-state index in [4.69, 9.17) is 10.3 Å². The van der Waals surface area contributed by atoms with Gasteiger partial charge >= 0.3 is 0 Å². The first-order valence-corrected chi connectivity index (χ1v) is 8.43. The molecule has 0 aliphatic heterocycles. The van der Waals surface area contributed by atoms with Gasteiger partial charge in [0.25, 0.3) is 0 Å². The molecule has 3 rings (SSSR count). The molecule has 1 atom stereocenters. The van der Waals surface area contributed by atoms with Gasteiger partial charge in [0, 0.05) is 4.91 Å². The Kier molecular flexibility index (Phi) is 6.08. The normalized spacial score (nSPS) is 11.7. The van der Waals surface area contributed by atoms with E-state index in [1.807, 2.05) is 97.1 Å². The highest BCUT2D eigenvalue weighted by Crippen LogP contribution is 2.23. The molecule has 4 nitrogen and oxygen atoms in total. The summed E-state index contributed by atoms with van der Waals surface area (Å²) in [5, 5.41) is 3.90. The SMILES string of the molecule is [N-]=[N+]=NC(/C=C/c1ccccc1)Cc1cccc(Oc2ccccc2)c1. The van der Waals surface area contributed by atoms with Gasteiger partial charge < -0.3 is 4.74 Å². The molecule has 26 heavy (non-hydrogen) atoms. The summed E-state index contributed by atoms with van der Waals surface area (Å²) in [7, 11) is 0. The van der Waals surface area contributed by atoms with Crippen LogP contribution in [0.1, 0.15) is 11.1 Å². The summed E-state index contributed by atoms with van der Waals surface area (Å²) in [5.41, 5.74) is 11.0. The molecule has 0 radical (unpaired) electrons. The number of hydrogen-bond acceptors (Lipinski definition) is 2. The first-order valence-electron chi connectivity index (χ1n) is 8.43. The van der Waals surface area contributed by atoms with Crippen molar-refractivity contribution in [2.24, 2.45) is 5.11 Å². The van der Waals surface area contributed by atoms with Gasteiger partial charge in [0.1, 0.15) is 11.5 Å². The van der Waals surface area contributed by atoms with E-state index in [1.165, 1.54) is 0 Å². The molecule has 0 N–H and O–H groups in total. The average Bonchev–Trinajstić information content (AvgIpc) is 2.68. The molecule has 0 amide bonds. The van der Waals surface area contributed by atoms with Crippen LogP contribution in [0.3, 0.4) is 0 Å². The van der Waals surface area contributed by atoms with Crippen molar-refractivity contribution in [1.82, 2.24) is 0 Å². The number of benzene rings is 3. The quantitative estimate of drug-likeness (QED) is 0.278. The van der Waals surface area contributed by atoms with Crippen molar-refractivity contribution in [3.8, 4) is 11.5 Å². The van der Waals surface area contributed by atoms with E-state index in [1.54, 1.807) is 0 Å². The zero-order chi connectivity index (χ0) is 18.0. The van der Waals surface area contributed by atoms with Gasteiger partial charge in [-0.15, -0.1) is 0 Å². The summed E-state index contributed by atoms with van der Waals surface area (Å²) < 4.78 is 5.87. The Labute approximate surface area is 153 Å². The standard InChI is InChI=1S/C22H19N3O/c23-25-24-20(15-14-18-8-3-1-4-9-18)16-19-10-7-13-22(17-19)26-21-11-5-2-6-12-21/h1-15,17,20H,16H2/b15-14+. The monoisotopic (exact) mass is 341 g/mol. The zero-order valence-electron chi connectivity index (χ0n) is 14.3. The summed E-state index contributed by atoms with van der Waals surface area (Å²) in [5.74, 6) is 1.56. The average molecular weight is 341 g/mol. The zero-order valence-corrected chi connectivity index (χ0v) is 14.3. The third kappa shape index (κ3) is 5.26. The van der Waals surface area contributed by atoms with Crippen molar-refractivity contribution in [2.45, 2.75) is 12.5 Å². The maximum absolute atomic E-state index is 8.86. The van der Waals surface area contributed by atoms with Crippen molar-refractivity contribution in [2.75, 3.05) is 0 Å². The predicted octanol–water partition coefficient (Wildman–Crippen LogP) is 6.41. The van der Waals surface area contributed by atoms with Crippen LogP contribution in [0.15, 0.2) is 96.1 Å². The molecule has 1 unspecified atom stereocenters. The molecule has 0 aliphatic rings. The van der Waals surface area contributed by atoms with Crippen LogP contribution in [0, 0.1) is 0 Å². The van der Waals surface area contributed by atoms with Crippen LogP contribution < -0.4 is 4.74 Å². The topological polar surface area (TPSA) is 58.0 Å². The smallest absolute Gasteiger partial charge is 0.127 e. The Hall–Kier alpha value is -3.49. The maximum atomic E-state index is 8.86. The van der Waals surface area contributed by atoms with Gasteiger partial charge in [-0.2, -0.15) is 0 Å². The van der Waals surface area contributed by atoms with Gasteiger partial charge in [-0.3, -0.25) is 0 Å². The Balaban J connectivity index is 1.72. The fraction of sp³-hybridized carbons (Fsp3) is 0.0909. The lowest BCUT2D eigenvalue weighted by Gasteiger charge is -2.10. The molecule has 0 bridgehead atoms. The van der Waals surface area contributed by atoms with E-state index in [2.05, 4.69) is 10.0 Å². The highest BCUT2D eigenvalue weighted by atomic mass is 16.5. The molecule has 4 heteroatoms. The number of hydrogen-bond donors (Lipinski definition) is 0. The van der Waals surface area contributed by atoms with E-state index in [9.17, 15) is 0 Å². The van der Waals surface area contributed by atoms with Crippen LogP contribution in [-0.2, 0) is 6.42 Å². The molecule has 0 aliphatic carbocycles. The van der Waals surface area contributed by atoms with Crippen molar-refractivity contribution < 1.29 is 4.74 Å². The Morgan fingerprint density at radius 1 is 0.885 bits per heavy atom. The minimum atomic E-state index is -0.257. The van der Waals surface area contributed by atoms with Gasteiger partial charge in [0.05, 0.1) is 6.04 Å². The number of para-hydroxylation sites is 1. The lowest BCUT2D eigenvalue weighted by Crippen LogP contribution is -2.04. The third-order valence-corrected chi connectivity index (χ3v) is 3.83. The lowest BCUT2D eigenvalue weighted by molar-refractivity contribution is 0.482. The highest BCUT2D eigenvalue weighted by Gasteiger charge is 2.06. The van der Waals surface area contributed by atoms with E-state index < -0.39 is 0 Å². The Morgan fingerprint density at radius 2 is 1.58 bits per heavy atom. The molecule has 0 aromatic heterocycles. The first-order chi connectivity index (χ1) is 12.8. The molecule has 3 aromatic carbocycles. The van der Waals surface area contributed by atoms with Crippen LogP contribution in [0.4, 0.5) is 0 Å². The first kappa shape index (κ1) is 17.3. The fourth-order valence-corrected chi connectivity index (χ4v) is 2.60. The molecule has 3 aromatic rings.